The number of fused-ring (bicyclic) bond motifs is 1. The molecule has 1 atom stereocenters. The van der Waals surface area contributed by atoms with Gasteiger partial charge in [0.25, 0.3) is 5.56 Å². The van der Waals surface area contributed by atoms with Gasteiger partial charge in [-0.2, -0.15) is 0 Å². The lowest BCUT2D eigenvalue weighted by molar-refractivity contribution is -0.137. The van der Waals surface area contributed by atoms with Gasteiger partial charge in [0, 0.05) is 6.42 Å². The lowest BCUT2D eigenvalue weighted by Gasteiger charge is -2.13. The summed E-state index contributed by atoms with van der Waals surface area (Å²) in [5.41, 5.74) is 0.628. The van der Waals surface area contributed by atoms with E-state index in [1.807, 2.05) is 35.7 Å². The third-order valence-corrected chi connectivity index (χ3v) is 5.62. The fourth-order valence-electron chi connectivity index (χ4n) is 2.49. The Balaban J connectivity index is 1.90. The first-order valence-corrected chi connectivity index (χ1v) is 8.89. The van der Waals surface area contributed by atoms with E-state index in [2.05, 4.69) is 4.98 Å². The van der Waals surface area contributed by atoms with Crippen molar-refractivity contribution in [3.05, 3.63) is 52.1 Å². The summed E-state index contributed by atoms with van der Waals surface area (Å²) in [5.74, 6) is -0.241. The molecule has 0 unspecified atom stereocenters. The van der Waals surface area contributed by atoms with E-state index in [0.29, 0.717) is 28.4 Å². The summed E-state index contributed by atoms with van der Waals surface area (Å²) in [6.45, 7) is 0.424. The number of para-hydroxylation sites is 1. The molecule has 116 valence electrons. The minimum Gasteiger partial charge on any atom is -0.465 e. The Hall–Kier alpha value is -2.12. The van der Waals surface area contributed by atoms with Crippen molar-refractivity contribution in [3.8, 4) is 5.69 Å². The molecule has 0 amide bonds. The molecule has 3 heterocycles. The van der Waals surface area contributed by atoms with E-state index in [9.17, 15) is 9.59 Å². The maximum atomic E-state index is 12.9. The largest absolute Gasteiger partial charge is 0.465 e. The molecule has 0 spiro atoms. The fourth-order valence-corrected chi connectivity index (χ4v) is 4.37. The Bertz CT molecular complexity index is 933. The Kier molecular flexibility index (Phi) is 3.66. The van der Waals surface area contributed by atoms with Crippen molar-refractivity contribution in [1.82, 2.24) is 9.55 Å². The Morgan fingerprint density at radius 2 is 2.04 bits per heavy atom. The third-order valence-electron chi connectivity index (χ3n) is 3.62. The Morgan fingerprint density at radius 1 is 1.22 bits per heavy atom. The molecule has 7 heteroatoms. The smallest absolute Gasteiger partial charge is 0.319 e. The summed E-state index contributed by atoms with van der Waals surface area (Å²) in [6, 6.07) is 11.1. The quantitative estimate of drug-likeness (QED) is 0.540. The number of hydrogen-bond acceptors (Lipinski definition) is 6. The molecule has 1 aromatic carbocycles. The minimum atomic E-state index is -0.311. The van der Waals surface area contributed by atoms with Crippen molar-refractivity contribution >= 4 is 39.3 Å². The molecular weight excluding hydrogens is 332 g/mol. The van der Waals surface area contributed by atoms with Crippen LogP contribution in [-0.2, 0) is 9.53 Å². The van der Waals surface area contributed by atoms with E-state index >= 15 is 0 Å². The second kappa shape index (κ2) is 5.82. The van der Waals surface area contributed by atoms with Gasteiger partial charge in [0.1, 0.15) is 10.1 Å². The summed E-state index contributed by atoms with van der Waals surface area (Å²) in [6.07, 6.45) is 0.636. The number of benzene rings is 1. The second-order valence-electron chi connectivity index (χ2n) is 5.07. The maximum Gasteiger partial charge on any atom is 0.319 e. The molecule has 1 aliphatic rings. The number of thioether (sulfide) groups is 1. The van der Waals surface area contributed by atoms with Gasteiger partial charge < -0.3 is 4.74 Å². The van der Waals surface area contributed by atoms with Crippen LogP contribution < -0.4 is 5.56 Å². The van der Waals surface area contributed by atoms with E-state index < -0.39 is 0 Å². The molecule has 1 fully saturated rings. The van der Waals surface area contributed by atoms with Gasteiger partial charge in [-0.1, -0.05) is 30.0 Å². The van der Waals surface area contributed by atoms with Crippen molar-refractivity contribution in [2.45, 2.75) is 16.8 Å². The predicted molar refractivity (Wildman–Crippen MR) is 90.4 cm³/mol. The Morgan fingerprint density at radius 3 is 2.78 bits per heavy atom. The molecule has 0 saturated carbocycles. The van der Waals surface area contributed by atoms with Crippen LogP contribution in [0.2, 0.25) is 0 Å². The number of rotatable bonds is 3. The zero-order valence-corrected chi connectivity index (χ0v) is 13.6. The van der Waals surface area contributed by atoms with E-state index in [0.717, 1.165) is 5.69 Å². The van der Waals surface area contributed by atoms with E-state index in [4.69, 9.17) is 4.74 Å². The van der Waals surface area contributed by atoms with Gasteiger partial charge in [0.15, 0.2) is 5.16 Å². The number of nitrogens with zero attached hydrogens (tertiary/aromatic N) is 2. The number of carbonyl (C=O) groups excluding carboxylic acids is 1. The summed E-state index contributed by atoms with van der Waals surface area (Å²) in [4.78, 5) is 29.9. The maximum absolute atomic E-state index is 12.9. The highest BCUT2D eigenvalue weighted by Gasteiger charge is 2.29. The monoisotopic (exact) mass is 344 g/mol. The van der Waals surface area contributed by atoms with E-state index in [1.165, 1.54) is 23.1 Å². The summed E-state index contributed by atoms with van der Waals surface area (Å²) in [7, 11) is 0. The van der Waals surface area contributed by atoms with E-state index in [1.54, 1.807) is 10.6 Å². The van der Waals surface area contributed by atoms with Crippen LogP contribution in [0.15, 0.2) is 51.7 Å². The Labute approximate surface area is 139 Å². The number of hydrogen-bond donors (Lipinski definition) is 0. The number of thiophene rings is 1. The number of carbonyl (C=O) groups is 1. The number of cyclic esters (lactones) is 1. The predicted octanol–water partition coefficient (Wildman–Crippen LogP) is 2.85. The molecule has 23 heavy (non-hydrogen) atoms. The number of ether oxygens (including phenoxy) is 1. The van der Waals surface area contributed by atoms with Crippen molar-refractivity contribution in [2.75, 3.05) is 6.61 Å². The van der Waals surface area contributed by atoms with Crippen molar-refractivity contribution in [2.24, 2.45) is 0 Å². The highest BCUT2D eigenvalue weighted by Crippen LogP contribution is 2.30. The lowest BCUT2D eigenvalue weighted by Crippen LogP contribution is -2.22. The second-order valence-corrected chi connectivity index (χ2v) is 7.14. The highest BCUT2D eigenvalue weighted by atomic mass is 32.2. The van der Waals surface area contributed by atoms with Gasteiger partial charge in [-0.3, -0.25) is 14.2 Å². The summed E-state index contributed by atoms with van der Waals surface area (Å²) < 4.78 is 6.59. The van der Waals surface area contributed by atoms with Crippen LogP contribution in [0, 0.1) is 0 Å². The average molecular weight is 344 g/mol. The third kappa shape index (κ3) is 2.55. The minimum absolute atomic E-state index is 0.115. The lowest BCUT2D eigenvalue weighted by atomic mass is 10.3. The molecule has 5 nitrogen and oxygen atoms in total. The molecule has 1 aliphatic heterocycles. The fraction of sp³-hybridized carbons (Fsp3) is 0.188. The van der Waals surface area contributed by atoms with Crippen LogP contribution in [-0.4, -0.2) is 27.4 Å². The SMILES string of the molecule is O=C1OCC[C@@H]1Sc1nc2sccc2c(=O)n1-c1ccccc1. The van der Waals surface area contributed by atoms with Crippen LogP contribution in [0.5, 0.6) is 0 Å². The van der Waals surface area contributed by atoms with Gasteiger partial charge in [0.2, 0.25) is 0 Å². The first kappa shape index (κ1) is 14.5. The molecular formula is C16H12N2O3S2. The van der Waals surface area contributed by atoms with Crippen molar-refractivity contribution < 1.29 is 9.53 Å². The molecule has 0 aliphatic carbocycles. The molecule has 3 aromatic rings. The molecule has 2 aromatic heterocycles. The van der Waals surface area contributed by atoms with Crippen molar-refractivity contribution in [1.29, 1.82) is 0 Å². The van der Waals surface area contributed by atoms with Gasteiger partial charge in [-0.25, -0.2) is 4.98 Å². The number of esters is 1. The molecule has 0 bridgehead atoms. The van der Waals surface area contributed by atoms with Crippen LogP contribution in [0.1, 0.15) is 6.42 Å². The average Bonchev–Trinajstić information content (AvgIpc) is 3.18. The first-order chi connectivity index (χ1) is 11.2. The van der Waals surface area contributed by atoms with Gasteiger partial charge >= 0.3 is 5.97 Å². The topological polar surface area (TPSA) is 61.2 Å². The normalized spacial score (nSPS) is 17.6. The van der Waals surface area contributed by atoms with Crippen LogP contribution in [0.4, 0.5) is 0 Å². The first-order valence-electron chi connectivity index (χ1n) is 7.13. The molecule has 0 radical (unpaired) electrons. The zero-order valence-electron chi connectivity index (χ0n) is 12.0. The van der Waals surface area contributed by atoms with Crippen LogP contribution >= 0.6 is 23.1 Å². The van der Waals surface area contributed by atoms with E-state index in [-0.39, 0.29) is 16.8 Å². The van der Waals surface area contributed by atoms with Gasteiger partial charge in [-0.05, 0) is 23.6 Å². The molecule has 4 rings (SSSR count). The number of aromatic nitrogens is 2. The standard InChI is InChI=1S/C16H12N2O3S2/c19-14-11-7-9-22-13(11)17-16(23-12-6-8-21-15(12)20)18(14)10-4-2-1-3-5-10/h1-5,7,9,12H,6,8H2/t12-/m0/s1. The molecule has 1 saturated heterocycles. The van der Waals surface area contributed by atoms with Crippen molar-refractivity contribution in [3.63, 3.8) is 0 Å². The summed E-state index contributed by atoms with van der Waals surface area (Å²) >= 11 is 2.72. The highest BCUT2D eigenvalue weighted by molar-refractivity contribution is 8.00. The zero-order chi connectivity index (χ0) is 15.8. The van der Waals surface area contributed by atoms with Crippen LogP contribution in [0.25, 0.3) is 15.9 Å². The molecule has 0 N–H and O–H groups in total. The van der Waals surface area contributed by atoms with Gasteiger partial charge in [0.05, 0.1) is 17.7 Å². The summed E-state index contributed by atoms with van der Waals surface area (Å²) in [5, 5.41) is 2.67. The van der Waals surface area contributed by atoms with Gasteiger partial charge in [-0.15, -0.1) is 11.3 Å². The van der Waals surface area contributed by atoms with Crippen LogP contribution in [0.3, 0.4) is 0 Å².